The highest BCUT2D eigenvalue weighted by atomic mass is 16.3. The molecule has 1 N–H and O–H groups in total. The van der Waals surface area contributed by atoms with Crippen LogP contribution in [-0.4, -0.2) is 10.1 Å². The summed E-state index contributed by atoms with van der Waals surface area (Å²) in [5.41, 5.74) is 2.04. The first-order valence-corrected chi connectivity index (χ1v) is 6.77. The number of benzene rings is 2. The number of hydrogen-bond acceptors (Lipinski definition) is 2. The molecule has 0 aliphatic carbocycles. The highest BCUT2D eigenvalue weighted by Crippen LogP contribution is 2.27. The highest BCUT2D eigenvalue weighted by Gasteiger charge is 2.23. The molecule has 0 saturated heterocycles. The lowest BCUT2D eigenvalue weighted by molar-refractivity contribution is 0.0577. The van der Waals surface area contributed by atoms with E-state index in [1.54, 1.807) is 6.20 Å². The van der Waals surface area contributed by atoms with E-state index < -0.39 is 5.60 Å². The van der Waals surface area contributed by atoms with Gasteiger partial charge in [-0.3, -0.25) is 4.98 Å². The minimum absolute atomic E-state index is 0.589. The molecule has 0 saturated carbocycles. The normalized spacial score (nSPS) is 14.1. The summed E-state index contributed by atoms with van der Waals surface area (Å²) in [7, 11) is 0. The molecular weight excluding hydrogens is 246 g/mol. The van der Waals surface area contributed by atoms with Crippen LogP contribution in [0.1, 0.15) is 18.1 Å². The second-order valence-electron chi connectivity index (χ2n) is 5.35. The lowest BCUT2D eigenvalue weighted by Crippen LogP contribution is -2.24. The van der Waals surface area contributed by atoms with Crippen molar-refractivity contribution < 1.29 is 5.11 Å². The number of aromatic nitrogens is 1. The third-order valence-corrected chi connectivity index (χ3v) is 3.62. The van der Waals surface area contributed by atoms with Gasteiger partial charge in [0.05, 0.1) is 11.1 Å². The third-order valence-electron chi connectivity index (χ3n) is 3.62. The monoisotopic (exact) mass is 263 g/mol. The van der Waals surface area contributed by atoms with Crippen LogP contribution in [-0.2, 0) is 12.0 Å². The molecule has 0 amide bonds. The largest absolute Gasteiger partial charge is 0.385 e. The third kappa shape index (κ3) is 2.56. The van der Waals surface area contributed by atoms with Gasteiger partial charge >= 0.3 is 0 Å². The fourth-order valence-electron chi connectivity index (χ4n) is 2.50. The van der Waals surface area contributed by atoms with E-state index in [2.05, 4.69) is 4.98 Å². The van der Waals surface area contributed by atoms with Crippen molar-refractivity contribution in [2.75, 3.05) is 0 Å². The SMILES string of the molecule is CC(O)(Cc1ccccc1)c1ccc2cccnc2c1. The molecule has 2 nitrogen and oxygen atoms in total. The van der Waals surface area contributed by atoms with Crippen LogP contribution in [0.3, 0.4) is 0 Å². The molecule has 1 heterocycles. The Morgan fingerprint density at radius 3 is 2.60 bits per heavy atom. The zero-order valence-electron chi connectivity index (χ0n) is 11.5. The van der Waals surface area contributed by atoms with Gasteiger partial charge < -0.3 is 5.11 Å². The van der Waals surface area contributed by atoms with Gasteiger partial charge in [0, 0.05) is 18.0 Å². The van der Waals surface area contributed by atoms with E-state index in [4.69, 9.17) is 0 Å². The van der Waals surface area contributed by atoms with Crippen molar-refractivity contribution in [3.63, 3.8) is 0 Å². The molecule has 2 aromatic carbocycles. The Bertz CT molecular complexity index is 720. The number of aliphatic hydroxyl groups is 1. The fraction of sp³-hybridized carbons (Fsp3) is 0.167. The summed E-state index contributed by atoms with van der Waals surface area (Å²) < 4.78 is 0. The molecule has 2 heteroatoms. The summed E-state index contributed by atoms with van der Waals surface area (Å²) in [6.07, 6.45) is 2.37. The second-order valence-corrected chi connectivity index (χ2v) is 5.35. The smallest absolute Gasteiger partial charge is 0.0909 e. The standard InChI is InChI=1S/C18H17NO/c1-18(20,13-14-6-3-2-4-7-14)16-10-9-15-8-5-11-19-17(15)12-16/h2-12,20H,13H2,1H3. The van der Waals surface area contributed by atoms with Gasteiger partial charge in [0.25, 0.3) is 0 Å². The maximum atomic E-state index is 10.8. The van der Waals surface area contributed by atoms with E-state index in [0.717, 1.165) is 22.0 Å². The van der Waals surface area contributed by atoms with Gasteiger partial charge in [-0.05, 0) is 30.2 Å². The van der Waals surface area contributed by atoms with E-state index in [1.807, 2.05) is 67.6 Å². The predicted molar refractivity (Wildman–Crippen MR) is 81.5 cm³/mol. The van der Waals surface area contributed by atoms with Crippen molar-refractivity contribution in [1.29, 1.82) is 0 Å². The van der Waals surface area contributed by atoms with Gasteiger partial charge in [0.1, 0.15) is 0 Å². The minimum Gasteiger partial charge on any atom is -0.385 e. The Kier molecular flexibility index (Phi) is 3.25. The first-order chi connectivity index (χ1) is 9.65. The summed E-state index contributed by atoms with van der Waals surface area (Å²) in [5, 5.41) is 11.9. The topological polar surface area (TPSA) is 33.1 Å². The lowest BCUT2D eigenvalue weighted by atomic mass is 9.88. The Morgan fingerprint density at radius 2 is 1.80 bits per heavy atom. The number of fused-ring (bicyclic) bond motifs is 1. The molecular formula is C18H17NO. The number of hydrogen-bond donors (Lipinski definition) is 1. The Hall–Kier alpha value is -2.19. The average molecular weight is 263 g/mol. The van der Waals surface area contributed by atoms with Crippen molar-refractivity contribution in [1.82, 2.24) is 4.98 Å². The van der Waals surface area contributed by atoms with Crippen LogP contribution >= 0.6 is 0 Å². The van der Waals surface area contributed by atoms with Crippen LogP contribution in [0.25, 0.3) is 10.9 Å². The number of rotatable bonds is 3. The zero-order chi connectivity index (χ0) is 14.0. The van der Waals surface area contributed by atoms with Crippen LogP contribution in [0.15, 0.2) is 66.9 Å². The molecule has 3 aromatic rings. The Morgan fingerprint density at radius 1 is 1.00 bits per heavy atom. The van der Waals surface area contributed by atoms with E-state index in [0.29, 0.717) is 6.42 Å². The van der Waals surface area contributed by atoms with Crippen molar-refractivity contribution in [2.24, 2.45) is 0 Å². The quantitative estimate of drug-likeness (QED) is 0.782. The van der Waals surface area contributed by atoms with Gasteiger partial charge in [0.2, 0.25) is 0 Å². The number of nitrogens with zero attached hydrogens (tertiary/aromatic N) is 1. The molecule has 0 aliphatic heterocycles. The van der Waals surface area contributed by atoms with Crippen molar-refractivity contribution >= 4 is 10.9 Å². The second kappa shape index (κ2) is 5.06. The van der Waals surface area contributed by atoms with E-state index in [1.165, 1.54) is 0 Å². The molecule has 0 aliphatic rings. The fourth-order valence-corrected chi connectivity index (χ4v) is 2.50. The predicted octanol–water partition coefficient (Wildman–Crippen LogP) is 3.69. The van der Waals surface area contributed by atoms with Crippen molar-refractivity contribution in [3.8, 4) is 0 Å². The maximum absolute atomic E-state index is 10.8. The summed E-state index contributed by atoms with van der Waals surface area (Å²) in [4.78, 5) is 4.35. The molecule has 0 fully saturated rings. The number of pyridine rings is 1. The molecule has 0 radical (unpaired) electrons. The van der Waals surface area contributed by atoms with Gasteiger partial charge in [-0.1, -0.05) is 48.5 Å². The van der Waals surface area contributed by atoms with Gasteiger partial charge in [0.15, 0.2) is 0 Å². The summed E-state index contributed by atoms with van der Waals surface area (Å²) in [6, 6.07) is 19.9. The minimum atomic E-state index is -0.896. The van der Waals surface area contributed by atoms with E-state index >= 15 is 0 Å². The Balaban J connectivity index is 1.96. The van der Waals surface area contributed by atoms with Crippen LogP contribution in [0, 0.1) is 0 Å². The van der Waals surface area contributed by atoms with Gasteiger partial charge in [-0.15, -0.1) is 0 Å². The van der Waals surface area contributed by atoms with Gasteiger partial charge in [-0.25, -0.2) is 0 Å². The van der Waals surface area contributed by atoms with Crippen LogP contribution < -0.4 is 0 Å². The summed E-state index contributed by atoms with van der Waals surface area (Å²) in [6.45, 7) is 1.85. The van der Waals surface area contributed by atoms with Crippen LogP contribution in [0.2, 0.25) is 0 Å². The molecule has 100 valence electrons. The lowest BCUT2D eigenvalue weighted by Gasteiger charge is -2.24. The molecule has 1 atom stereocenters. The molecule has 0 bridgehead atoms. The summed E-state index contributed by atoms with van der Waals surface area (Å²) in [5.74, 6) is 0. The van der Waals surface area contributed by atoms with E-state index in [9.17, 15) is 5.11 Å². The van der Waals surface area contributed by atoms with Gasteiger partial charge in [-0.2, -0.15) is 0 Å². The molecule has 0 spiro atoms. The first kappa shape index (κ1) is 12.8. The van der Waals surface area contributed by atoms with Crippen molar-refractivity contribution in [3.05, 3.63) is 78.0 Å². The van der Waals surface area contributed by atoms with Crippen LogP contribution in [0.4, 0.5) is 0 Å². The first-order valence-electron chi connectivity index (χ1n) is 6.77. The Labute approximate surface area is 118 Å². The van der Waals surface area contributed by atoms with Crippen molar-refractivity contribution in [2.45, 2.75) is 18.9 Å². The molecule has 3 rings (SSSR count). The van der Waals surface area contributed by atoms with Crippen LogP contribution in [0.5, 0.6) is 0 Å². The average Bonchev–Trinajstić information content (AvgIpc) is 2.47. The molecule has 1 aromatic heterocycles. The highest BCUT2D eigenvalue weighted by molar-refractivity contribution is 5.79. The molecule has 20 heavy (non-hydrogen) atoms. The zero-order valence-corrected chi connectivity index (χ0v) is 11.5. The van der Waals surface area contributed by atoms with E-state index in [-0.39, 0.29) is 0 Å². The maximum Gasteiger partial charge on any atom is 0.0909 e. The molecule has 1 unspecified atom stereocenters. The summed E-state index contributed by atoms with van der Waals surface area (Å²) >= 11 is 0.